The molecule has 6 nitrogen and oxygen atoms in total. The highest BCUT2D eigenvalue weighted by Gasteiger charge is 2.65. The lowest BCUT2D eigenvalue weighted by Gasteiger charge is -2.38. The highest BCUT2D eigenvalue weighted by molar-refractivity contribution is 6.07. The topological polar surface area (TPSA) is 82.1 Å². The van der Waals surface area contributed by atoms with Gasteiger partial charge in [-0.15, -0.1) is 5.06 Å². The van der Waals surface area contributed by atoms with Crippen molar-refractivity contribution in [1.29, 1.82) is 0 Å². The van der Waals surface area contributed by atoms with E-state index < -0.39 is 11.2 Å². The molecule has 1 aromatic carbocycles. The van der Waals surface area contributed by atoms with Crippen LogP contribution in [0.5, 0.6) is 0 Å². The zero-order chi connectivity index (χ0) is 17.7. The average molecular weight is 335 g/mol. The second-order valence-electron chi connectivity index (χ2n) is 7.05. The summed E-state index contributed by atoms with van der Waals surface area (Å²) in [7, 11) is 0. The number of nitrogens with zero attached hydrogens (tertiary/aromatic N) is 3. The van der Waals surface area contributed by atoms with Gasteiger partial charge in [0.15, 0.2) is 0 Å². The van der Waals surface area contributed by atoms with E-state index in [-0.39, 0.29) is 11.5 Å². The van der Waals surface area contributed by atoms with Gasteiger partial charge in [0.05, 0.1) is 0 Å². The van der Waals surface area contributed by atoms with Crippen molar-refractivity contribution in [3.63, 3.8) is 0 Å². The summed E-state index contributed by atoms with van der Waals surface area (Å²) in [4.78, 5) is 0. The van der Waals surface area contributed by atoms with E-state index >= 15 is 0 Å². The van der Waals surface area contributed by atoms with Crippen molar-refractivity contribution in [2.75, 3.05) is 0 Å². The zero-order valence-corrected chi connectivity index (χ0v) is 14.1. The third kappa shape index (κ3) is 2.08. The second-order valence-corrected chi connectivity index (χ2v) is 7.05. The lowest BCUT2D eigenvalue weighted by atomic mass is 9.86. The number of hydrogen-bond donors (Lipinski definition) is 2. The molecule has 0 aromatic heterocycles. The summed E-state index contributed by atoms with van der Waals surface area (Å²) < 4.78 is 14.3. The molecule has 1 fully saturated rings. The molecule has 0 amide bonds. The molecule has 1 atom stereocenters. The minimum absolute atomic E-state index is 0.258. The number of halogens is 1. The lowest BCUT2D eigenvalue weighted by Crippen LogP contribution is -2.60. The molecule has 130 valence electrons. The maximum Gasteiger partial charge on any atom is 0.293 e. The molecule has 7 heteroatoms. The first-order chi connectivity index (χ1) is 11.3. The van der Waals surface area contributed by atoms with Crippen molar-refractivity contribution < 1.29 is 19.5 Å². The van der Waals surface area contributed by atoms with E-state index in [0.717, 1.165) is 22.6 Å². The van der Waals surface area contributed by atoms with Gasteiger partial charge in [0.2, 0.25) is 5.71 Å². The quantitative estimate of drug-likeness (QED) is 0.358. The largest absolute Gasteiger partial charge is 0.622 e. The van der Waals surface area contributed by atoms with Gasteiger partial charge in [-0.2, -0.15) is 4.74 Å². The predicted octanol–water partition coefficient (Wildman–Crippen LogP) is 3.02. The van der Waals surface area contributed by atoms with Gasteiger partial charge in [-0.25, -0.2) is 4.39 Å². The summed E-state index contributed by atoms with van der Waals surface area (Å²) in [5.74, 6) is -0.349. The van der Waals surface area contributed by atoms with E-state index in [1.807, 2.05) is 0 Å². The molecule has 2 aliphatic rings. The molecule has 0 saturated heterocycles. The number of hydrogen-bond acceptors (Lipinski definition) is 5. The maximum atomic E-state index is 13.6. The molecule has 1 aliphatic heterocycles. The van der Waals surface area contributed by atoms with Crippen molar-refractivity contribution in [1.82, 2.24) is 5.06 Å². The Morgan fingerprint density at radius 3 is 2.67 bits per heavy atom. The number of aryl methyl sites for hydroxylation is 1. The highest BCUT2D eigenvalue weighted by Crippen LogP contribution is 2.42. The van der Waals surface area contributed by atoms with Crippen LogP contribution in [0.3, 0.4) is 0 Å². The van der Waals surface area contributed by atoms with Gasteiger partial charge < -0.3 is 15.6 Å². The summed E-state index contributed by atoms with van der Waals surface area (Å²) in [6.45, 7) is 5.08. The van der Waals surface area contributed by atoms with Crippen molar-refractivity contribution in [2.24, 2.45) is 5.16 Å². The van der Waals surface area contributed by atoms with Crippen molar-refractivity contribution in [3.05, 3.63) is 40.4 Å². The van der Waals surface area contributed by atoms with Crippen LogP contribution in [-0.2, 0) is 0 Å². The fourth-order valence-corrected chi connectivity index (χ4v) is 3.93. The average Bonchev–Trinajstić information content (AvgIpc) is 2.70. The Kier molecular flexibility index (Phi) is 3.88. The second kappa shape index (κ2) is 5.53. The van der Waals surface area contributed by atoms with Crippen LogP contribution < -0.4 is 0 Å². The van der Waals surface area contributed by atoms with Gasteiger partial charge in [0.25, 0.3) is 5.66 Å². The molecule has 24 heavy (non-hydrogen) atoms. The van der Waals surface area contributed by atoms with Gasteiger partial charge >= 0.3 is 0 Å². The number of oxime groups is 1. The molecule has 0 unspecified atom stereocenters. The van der Waals surface area contributed by atoms with E-state index in [1.54, 1.807) is 26.8 Å². The molecule has 1 heterocycles. The van der Waals surface area contributed by atoms with Crippen LogP contribution in [-0.4, -0.2) is 42.8 Å². The van der Waals surface area contributed by atoms with Crippen LogP contribution in [0.1, 0.15) is 50.7 Å². The third-order valence-corrected chi connectivity index (χ3v) is 5.20. The van der Waals surface area contributed by atoms with Crippen molar-refractivity contribution in [2.45, 2.75) is 57.7 Å². The van der Waals surface area contributed by atoms with Crippen LogP contribution in [0.25, 0.3) is 0 Å². The Balaban J connectivity index is 2.24. The van der Waals surface area contributed by atoms with E-state index in [9.17, 15) is 20.0 Å². The van der Waals surface area contributed by atoms with Crippen LogP contribution in [0.15, 0.2) is 23.4 Å². The summed E-state index contributed by atoms with van der Waals surface area (Å²) in [5, 5.41) is 37.8. The lowest BCUT2D eigenvalue weighted by molar-refractivity contribution is -0.568. The van der Waals surface area contributed by atoms with Gasteiger partial charge in [-0.1, -0.05) is 5.16 Å². The van der Waals surface area contributed by atoms with Crippen molar-refractivity contribution >= 4 is 11.4 Å². The molecular weight excluding hydrogens is 313 g/mol. The van der Waals surface area contributed by atoms with E-state index in [1.165, 1.54) is 12.1 Å². The molecule has 1 aromatic rings. The number of hydroxylamine groups is 3. The molecule has 1 saturated carbocycles. The van der Waals surface area contributed by atoms with Crippen LogP contribution in [0, 0.1) is 17.9 Å². The monoisotopic (exact) mass is 335 g/mol. The molecule has 3 rings (SSSR count). The Morgan fingerprint density at radius 1 is 1.33 bits per heavy atom. The fourth-order valence-electron chi connectivity index (χ4n) is 3.93. The van der Waals surface area contributed by atoms with Gasteiger partial charge in [0, 0.05) is 12.0 Å². The van der Waals surface area contributed by atoms with Gasteiger partial charge in [-0.3, -0.25) is 0 Å². The molecule has 0 radical (unpaired) electrons. The third-order valence-electron chi connectivity index (χ3n) is 5.20. The molecule has 1 spiro atoms. The highest BCUT2D eigenvalue weighted by atomic mass is 19.1. The SMILES string of the molecule is Cc1cc(C2=[N+]([O-])[C@@]3(CCCCC3=NO)N(O)C2(C)C)ccc1F. The predicted molar refractivity (Wildman–Crippen MR) is 87.0 cm³/mol. The normalized spacial score (nSPS) is 29.0. The fraction of sp³-hybridized carbons (Fsp3) is 0.529. The molecular formula is C17H22FN3O3. The molecule has 2 N–H and O–H groups in total. The Morgan fingerprint density at radius 2 is 2.04 bits per heavy atom. The Labute approximate surface area is 140 Å². The van der Waals surface area contributed by atoms with Crippen molar-refractivity contribution in [3.8, 4) is 0 Å². The Bertz CT molecular complexity index is 745. The maximum absolute atomic E-state index is 13.6. The molecule has 0 bridgehead atoms. The zero-order valence-electron chi connectivity index (χ0n) is 14.1. The summed E-state index contributed by atoms with van der Waals surface area (Å²) in [6, 6.07) is 4.45. The van der Waals surface area contributed by atoms with Crippen LogP contribution >= 0.6 is 0 Å². The summed E-state index contributed by atoms with van der Waals surface area (Å²) >= 11 is 0. The van der Waals surface area contributed by atoms with Gasteiger partial charge in [-0.05, 0) is 63.8 Å². The minimum Gasteiger partial charge on any atom is -0.622 e. The van der Waals surface area contributed by atoms with Crippen LogP contribution in [0.2, 0.25) is 0 Å². The number of benzene rings is 1. The summed E-state index contributed by atoms with van der Waals surface area (Å²) in [6.07, 6.45) is 2.34. The Hall–Kier alpha value is -1.99. The summed E-state index contributed by atoms with van der Waals surface area (Å²) in [5.41, 5.74) is -0.862. The van der Waals surface area contributed by atoms with Gasteiger partial charge in [0.1, 0.15) is 17.1 Å². The number of rotatable bonds is 1. The smallest absolute Gasteiger partial charge is 0.293 e. The van der Waals surface area contributed by atoms with E-state index in [0.29, 0.717) is 29.7 Å². The molecule has 1 aliphatic carbocycles. The standard InChI is InChI=1S/C17H22FN3O3/c1-11-10-12(7-8-13(11)18)15-16(2,3)21(24)17(20(15)23)9-5-4-6-14(17)19-22/h7-8,10,22,24H,4-6,9H2,1-3H3/t17-/m0/s1. The van der Waals surface area contributed by atoms with Crippen LogP contribution in [0.4, 0.5) is 4.39 Å². The first-order valence-corrected chi connectivity index (χ1v) is 8.08. The first kappa shape index (κ1) is 16.9. The van der Waals surface area contributed by atoms with E-state index in [2.05, 4.69) is 5.16 Å². The minimum atomic E-state index is -1.41. The first-order valence-electron chi connectivity index (χ1n) is 8.08. The van der Waals surface area contributed by atoms with E-state index in [4.69, 9.17) is 0 Å².